The number of ether oxygens (including phenoxy) is 1. The van der Waals surface area contributed by atoms with Gasteiger partial charge in [-0.25, -0.2) is 17.8 Å². The maximum Gasteiger partial charge on any atom is 0.255 e. The van der Waals surface area contributed by atoms with Crippen LogP contribution in [0, 0.1) is 5.82 Å². The summed E-state index contributed by atoms with van der Waals surface area (Å²) in [4.78, 5) is 17.8. The van der Waals surface area contributed by atoms with Crippen LogP contribution in [0.3, 0.4) is 0 Å². The third-order valence-corrected chi connectivity index (χ3v) is 8.72. The zero-order valence-electron chi connectivity index (χ0n) is 23.9. The van der Waals surface area contributed by atoms with Gasteiger partial charge in [0.1, 0.15) is 28.4 Å². The van der Waals surface area contributed by atoms with E-state index in [1.54, 1.807) is 48.5 Å². The first-order valence-corrected chi connectivity index (χ1v) is 15.5. The Morgan fingerprint density at radius 1 is 0.955 bits per heavy atom. The van der Waals surface area contributed by atoms with E-state index in [-0.39, 0.29) is 22.8 Å². The van der Waals surface area contributed by atoms with Gasteiger partial charge in [0.25, 0.3) is 5.91 Å². The normalized spacial score (nSPS) is 11.7. The smallest absolute Gasteiger partial charge is 0.255 e. The second kappa shape index (κ2) is 11.0. The molecule has 1 amide bonds. The first kappa shape index (κ1) is 29.2. The van der Waals surface area contributed by atoms with Gasteiger partial charge in [0.2, 0.25) is 15.9 Å². The Hall–Kier alpha value is -4.87. The molecule has 9 nitrogen and oxygen atoms in total. The lowest BCUT2D eigenvalue weighted by Crippen LogP contribution is -2.25. The van der Waals surface area contributed by atoms with Crippen LogP contribution in [0.15, 0.2) is 81.6 Å². The number of aromatic nitrogens is 1. The number of carbonyl (C=O) groups is 1. The maximum atomic E-state index is 13.7. The van der Waals surface area contributed by atoms with Crippen LogP contribution in [0.4, 0.5) is 10.1 Å². The highest BCUT2D eigenvalue weighted by molar-refractivity contribution is 7.92. The van der Waals surface area contributed by atoms with E-state index in [4.69, 9.17) is 25.2 Å². The second-order valence-corrected chi connectivity index (χ2v) is 12.5. The second-order valence-electron chi connectivity index (χ2n) is 10.0. The molecule has 0 unspecified atom stereocenters. The van der Waals surface area contributed by atoms with Crippen LogP contribution >= 0.6 is 11.6 Å². The highest BCUT2D eigenvalue weighted by Crippen LogP contribution is 2.43. The Labute approximate surface area is 256 Å². The Morgan fingerprint density at radius 3 is 2.36 bits per heavy atom. The SMILES string of the molecule is CNC(=O)c1c(-c2ccc(F)cc2)oc2cc(N(C)S(C)(=O)=O)c(-c3ccc(OC)c(-c4nc5ccc(Cl)cc5o4)c3)cc12. The summed E-state index contributed by atoms with van der Waals surface area (Å²) >= 11 is 6.14. The molecule has 0 aliphatic rings. The standard InChI is InChI=1S/C32H25ClFN3O6S/c1-35-31(38)29-22-15-21(18-7-12-26(41-3)23(13-18)32-36-24-11-8-19(33)14-28(24)43-32)25(37(2)44(4,39)40)16-27(22)42-30(29)17-5-9-20(34)10-6-17/h5-16H,1-4H3,(H,35,38). The van der Waals surface area contributed by atoms with E-state index in [1.807, 2.05) is 0 Å². The van der Waals surface area contributed by atoms with Gasteiger partial charge in [-0.05, 0) is 60.2 Å². The third-order valence-electron chi connectivity index (χ3n) is 7.29. The fourth-order valence-electron chi connectivity index (χ4n) is 5.01. The molecule has 2 aromatic heterocycles. The van der Waals surface area contributed by atoms with Crippen molar-refractivity contribution in [3.8, 4) is 39.7 Å². The molecule has 0 radical (unpaired) electrons. The minimum absolute atomic E-state index is 0.213. The molecule has 4 aromatic carbocycles. The van der Waals surface area contributed by atoms with Gasteiger partial charge in [-0.2, -0.15) is 0 Å². The largest absolute Gasteiger partial charge is 0.496 e. The Bertz CT molecular complexity index is 2190. The van der Waals surface area contributed by atoms with Crippen LogP contribution < -0.4 is 14.4 Å². The predicted octanol–water partition coefficient (Wildman–Crippen LogP) is 7.13. The van der Waals surface area contributed by atoms with E-state index in [0.717, 1.165) is 10.6 Å². The molecule has 0 saturated carbocycles. The zero-order chi connectivity index (χ0) is 31.3. The molecule has 0 fully saturated rings. The highest BCUT2D eigenvalue weighted by Gasteiger charge is 2.26. The number of hydrogen-bond donors (Lipinski definition) is 1. The molecule has 0 aliphatic heterocycles. The number of hydrogen-bond acceptors (Lipinski definition) is 7. The number of anilines is 1. The van der Waals surface area contributed by atoms with E-state index in [2.05, 4.69) is 10.3 Å². The number of halogens is 2. The topological polar surface area (TPSA) is 115 Å². The molecular weight excluding hydrogens is 609 g/mol. The van der Waals surface area contributed by atoms with Gasteiger partial charge in [-0.15, -0.1) is 0 Å². The molecule has 0 saturated heterocycles. The summed E-state index contributed by atoms with van der Waals surface area (Å²) in [6.45, 7) is 0. The van der Waals surface area contributed by atoms with E-state index in [9.17, 15) is 17.6 Å². The number of sulfonamides is 1. The summed E-state index contributed by atoms with van der Waals surface area (Å²) < 4.78 is 58.2. The third kappa shape index (κ3) is 5.14. The Balaban J connectivity index is 1.63. The summed E-state index contributed by atoms with van der Waals surface area (Å²) in [7, 11) is 0.709. The summed E-state index contributed by atoms with van der Waals surface area (Å²) in [6, 6.07) is 19.2. The van der Waals surface area contributed by atoms with Gasteiger partial charge in [0.15, 0.2) is 5.58 Å². The molecule has 0 spiro atoms. The van der Waals surface area contributed by atoms with Crippen molar-refractivity contribution < 1.29 is 31.2 Å². The van der Waals surface area contributed by atoms with Crippen molar-refractivity contribution >= 4 is 55.3 Å². The van der Waals surface area contributed by atoms with Crippen molar-refractivity contribution in [3.05, 3.63) is 89.2 Å². The fraction of sp³-hybridized carbons (Fsp3) is 0.125. The number of rotatable bonds is 7. The Kier molecular flexibility index (Phi) is 7.30. The van der Waals surface area contributed by atoms with Crippen molar-refractivity contribution in [1.29, 1.82) is 0 Å². The number of benzene rings is 4. The average molecular weight is 634 g/mol. The number of nitrogens with one attached hydrogen (secondary N) is 1. The molecule has 1 N–H and O–H groups in total. The molecule has 224 valence electrons. The lowest BCUT2D eigenvalue weighted by atomic mass is 9.97. The Morgan fingerprint density at radius 2 is 1.68 bits per heavy atom. The summed E-state index contributed by atoms with van der Waals surface area (Å²) in [5.41, 5.74) is 3.91. The lowest BCUT2D eigenvalue weighted by molar-refractivity contribution is 0.0964. The molecule has 0 atom stereocenters. The van der Waals surface area contributed by atoms with Crippen molar-refractivity contribution in [1.82, 2.24) is 10.3 Å². The first-order valence-electron chi connectivity index (χ1n) is 13.3. The van der Waals surface area contributed by atoms with Crippen LogP contribution in [-0.2, 0) is 10.0 Å². The number of oxazole rings is 1. The number of carbonyl (C=O) groups excluding carboxylic acids is 1. The quantitative estimate of drug-likeness (QED) is 0.199. The monoisotopic (exact) mass is 633 g/mol. The number of fused-ring (bicyclic) bond motifs is 2. The van der Waals surface area contributed by atoms with Crippen molar-refractivity contribution in [2.24, 2.45) is 0 Å². The van der Waals surface area contributed by atoms with Gasteiger partial charge >= 0.3 is 0 Å². The van der Waals surface area contributed by atoms with Crippen molar-refractivity contribution in [2.75, 3.05) is 31.8 Å². The zero-order valence-corrected chi connectivity index (χ0v) is 25.5. The van der Waals surface area contributed by atoms with E-state index < -0.39 is 21.7 Å². The fourth-order valence-corrected chi connectivity index (χ4v) is 5.68. The molecule has 6 rings (SSSR count). The van der Waals surface area contributed by atoms with Crippen LogP contribution in [-0.4, -0.2) is 46.8 Å². The molecular formula is C32H25ClFN3O6S. The van der Waals surface area contributed by atoms with Gasteiger partial charge in [-0.1, -0.05) is 17.7 Å². The summed E-state index contributed by atoms with van der Waals surface area (Å²) in [5, 5.41) is 3.56. The van der Waals surface area contributed by atoms with Crippen molar-refractivity contribution in [2.45, 2.75) is 0 Å². The van der Waals surface area contributed by atoms with Gasteiger partial charge in [-0.3, -0.25) is 9.10 Å². The van der Waals surface area contributed by atoms with Gasteiger partial charge in [0, 0.05) is 47.8 Å². The lowest BCUT2D eigenvalue weighted by Gasteiger charge is -2.21. The molecule has 0 aliphatic carbocycles. The van der Waals surface area contributed by atoms with E-state index in [1.165, 1.54) is 45.5 Å². The predicted molar refractivity (Wildman–Crippen MR) is 168 cm³/mol. The minimum Gasteiger partial charge on any atom is -0.496 e. The molecule has 6 aromatic rings. The molecule has 44 heavy (non-hydrogen) atoms. The van der Waals surface area contributed by atoms with Crippen LogP contribution in [0.25, 0.3) is 56.0 Å². The average Bonchev–Trinajstić information content (AvgIpc) is 3.60. The highest BCUT2D eigenvalue weighted by atomic mass is 35.5. The van der Waals surface area contributed by atoms with Crippen LogP contribution in [0.1, 0.15) is 10.4 Å². The number of methoxy groups -OCH3 is 1. The van der Waals surface area contributed by atoms with E-state index in [0.29, 0.717) is 55.2 Å². The maximum absolute atomic E-state index is 13.7. The molecule has 12 heteroatoms. The first-order chi connectivity index (χ1) is 21.0. The molecule has 2 heterocycles. The summed E-state index contributed by atoms with van der Waals surface area (Å²) in [6.07, 6.45) is 1.09. The van der Waals surface area contributed by atoms with Gasteiger partial charge in [0.05, 0.1) is 30.2 Å². The van der Waals surface area contributed by atoms with E-state index >= 15 is 0 Å². The van der Waals surface area contributed by atoms with Crippen LogP contribution in [0.2, 0.25) is 5.02 Å². The molecule has 0 bridgehead atoms. The van der Waals surface area contributed by atoms with Crippen molar-refractivity contribution in [3.63, 3.8) is 0 Å². The number of furan rings is 1. The number of nitrogens with zero attached hydrogens (tertiary/aromatic N) is 2. The van der Waals surface area contributed by atoms with Gasteiger partial charge < -0.3 is 18.9 Å². The minimum atomic E-state index is -3.73. The summed E-state index contributed by atoms with van der Waals surface area (Å²) in [5.74, 6) is 0.0818. The van der Waals surface area contributed by atoms with Crippen LogP contribution in [0.5, 0.6) is 5.75 Å². The number of amides is 1.